The van der Waals surface area contributed by atoms with Crippen LogP contribution in [-0.4, -0.2) is 11.8 Å². The Morgan fingerprint density at radius 1 is 0.882 bits per heavy atom. The molecule has 34 heavy (non-hydrogen) atoms. The van der Waals surface area contributed by atoms with Gasteiger partial charge in [0.2, 0.25) is 0 Å². The fraction of sp³-hybridized carbons (Fsp3) is 0.214. The van der Waals surface area contributed by atoms with E-state index in [1.807, 2.05) is 68.4 Å². The topological polar surface area (TPSA) is 49.4 Å². The molecule has 4 rings (SSSR count). The second kappa shape index (κ2) is 10.5. The molecule has 0 atom stereocenters. The number of aryl methyl sites for hydroxylation is 3. The van der Waals surface area contributed by atoms with Crippen LogP contribution in [0.2, 0.25) is 5.02 Å². The average molecular weight is 491 g/mol. The monoisotopic (exact) mass is 490 g/mol. The molecule has 0 bridgehead atoms. The van der Waals surface area contributed by atoms with E-state index in [2.05, 4.69) is 12.2 Å². The van der Waals surface area contributed by atoms with Crippen LogP contribution in [0.5, 0.6) is 0 Å². The van der Waals surface area contributed by atoms with E-state index in [9.17, 15) is 9.59 Å². The van der Waals surface area contributed by atoms with E-state index >= 15 is 0 Å². The largest absolute Gasteiger partial charge is 0.350 e. The van der Waals surface area contributed by atoms with Crippen molar-refractivity contribution in [1.82, 2.24) is 0 Å². The van der Waals surface area contributed by atoms with Crippen molar-refractivity contribution < 1.29 is 9.59 Å². The molecule has 3 aromatic carbocycles. The van der Waals surface area contributed by atoms with Crippen molar-refractivity contribution in [2.75, 3.05) is 10.2 Å². The second-order valence-electron chi connectivity index (χ2n) is 8.40. The van der Waals surface area contributed by atoms with E-state index in [4.69, 9.17) is 11.6 Å². The van der Waals surface area contributed by atoms with E-state index in [0.717, 1.165) is 41.0 Å². The van der Waals surface area contributed by atoms with Gasteiger partial charge in [0.05, 0.1) is 5.69 Å². The van der Waals surface area contributed by atoms with E-state index in [1.54, 1.807) is 12.1 Å². The van der Waals surface area contributed by atoms with E-state index < -0.39 is 0 Å². The predicted molar refractivity (Wildman–Crippen MR) is 141 cm³/mol. The molecule has 0 aromatic heterocycles. The molecule has 0 radical (unpaired) electrons. The summed E-state index contributed by atoms with van der Waals surface area (Å²) in [4.78, 5) is 29.5. The van der Waals surface area contributed by atoms with Crippen LogP contribution in [0, 0.1) is 13.8 Å². The Morgan fingerprint density at radius 3 is 2.24 bits per heavy atom. The van der Waals surface area contributed by atoms with Crippen LogP contribution in [0.4, 0.5) is 11.4 Å². The maximum absolute atomic E-state index is 13.5. The van der Waals surface area contributed by atoms with Crippen LogP contribution in [0.15, 0.2) is 82.2 Å². The molecule has 0 unspecified atom stereocenters. The first-order valence-corrected chi connectivity index (χ1v) is 12.6. The Bertz CT molecular complexity index is 1250. The van der Waals surface area contributed by atoms with Gasteiger partial charge in [-0.25, -0.2) is 4.90 Å². The van der Waals surface area contributed by atoms with E-state index in [0.29, 0.717) is 15.6 Å². The number of imide groups is 1. The molecule has 0 fully saturated rings. The highest BCUT2D eigenvalue weighted by atomic mass is 35.5. The second-order valence-corrected chi connectivity index (χ2v) is 9.92. The third kappa shape index (κ3) is 5.21. The van der Waals surface area contributed by atoms with E-state index in [1.165, 1.54) is 22.2 Å². The minimum Gasteiger partial charge on any atom is -0.350 e. The Morgan fingerprint density at radius 2 is 1.59 bits per heavy atom. The lowest BCUT2D eigenvalue weighted by atomic mass is 10.1. The Labute approximate surface area is 210 Å². The number of unbranched alkanes of at least 4 members (excludes halogenated alkanes) is 1. The van der Waals surface area contributed by atoms with Crippen LogP contribution in [0.25, 0.3) is 0 Å². The number of anilines is 2. The van der Waals surface area contributed by atoms with Crippen molar-refractivity contribution in [3.05, 3.63) is 99.0 Å². The molecule has 0 saturated heterocycles. The van der Waals surface area contributed by atoms with Gasteiger partial charge >= 0.3 is 0 Å². The highest BCUT2D eigenvalue weighted by molar-refractivity contribution is 8.04. The van der Waals surface area contributed by atoms with Gasteiger partial charge in [0.1, 0.15) is 10.6 Å². The number of nitrogens with one attached hydrogen (secondary N) is 1. The highest BCUT2D eigenvalue weighted by Gasteiger charge is 2.40. The maximum atomic E-state index is 13.5. The summed E-state index contributed by atoms with van der Waals surface area (Å²) in [7, 11) is 0. The van der Waals surface area contributed by atoms with Crippen molar-refractivity contribution in [3.63, 3.8) is 0 Å². The van der Waals surface area contributed by atoms with Crippen LogP contribution >= 0.6 is 23.4 Å². The number of hydrogen-bond donors (Lipinski definition) is 1. The standard InChI is InChI=1S/C28H27ClN2O2S/c1-4-5-6-20-8-13-23(14-9-20)31-27(32)25(30-22-12-7-18(2)19(3)17-22)26(28(31)33)34-24-15-10-21(29)11-16-24/h7-17,30H,4-6H2,1-3H3. The molecule has 1 aliphatic rings. The van der Waals surface area contributed by atoms with E-state index in [-0.39, 0.29) is 17.5 Å². The molecule has 0 spiro atoms. The molecule has 174 valence electrons. The molecular weight excluding hydrogens is 464 g/mol. The van der Waals surface area contributed by atoms with Gasteiger partial charge in [-0.3, -0.25) is 9.59 Å². The quantitative estimate of drug-likeness (QED) is 0.337. The molecule has 1 aliphatic heterocycles. The smallest absolute Gasteiger partial charge is 0.283 e. The zero-order valence-electron chi connectivity index (χ0n) is 19.5. The van der Waals surface area contributed by atoms with Gasteiger partial charge in [-0.15, -0.1) is 0 Å². The van der Waals surface area contributed by atoms with Gasteiger partial charge in [0.15, 0.2) is 0 Å². The first-order chi connectivity index (χ1) is 16.4. The minimum atomic E-state index is -0.360. The van der Waals surface area contributed by atoms with Gasteiger partial charge in [0, 0.05) is 15.6 Å². The van der Waals surface area contributed by atoms with Crippen LogP contribution in [-0.2, 0) is 16.0 Å². The SMILES string of the molecule is CCCCc1ccc(N2C(=O)C(Nc3ccc(C)c(C)c3)=C(Sc3ccc(Cl)cc3)C2=O)cc1. The number of benzene rings is 3. The molecule has 4 nitrogen and oxygen atoms in total. The first-order valence-electron chi connectivity index (χ1n) is 11.4. The Hall–Kier alpha value is -3.02. The zero-order chi connectivity index (χ0) is 24.2. The number of carbonyl (C=O) groups is 2. The summed E-state index contributed by atoms with van der Waals surface area (Å²) in [6, 6.07) is 20.8. The third-order valence-electron chi connectivity index (χ3n) is 5.86. The highest BCUT2D eigenvalue weighted by Crippen LogP contribution is 2.38. The number of carbonyl (C=O) groups excluding carboxylic acids is 2. The van der Waals surface area contributed by atoms with Gasteiger partial charge in [0.25, 0.3) is 11.8 Å². The lowest BCUT2D eigenvalue weighted by Gasteiger charge is -2.16. The summed E-state index contributed by atoms with van der Waals surface area (Å²) >= 11 is 7.29. The number of rotatable bonds is 8. The fourth-order valence-electron chi connectivity index (χ4n) is 3.73. The van der Waals surface area contributed by atoms with Crippen molar-refractivity contribution in [2.24, 2.45) is 0 Å². The van der Waals surface area contributed by atoms with Crippen molar-refractivity contribution in [3.8, 4) is 0 Å². The number of hydrogen-bond acceptors (Lipinski definition) is 4. The normalized spacial score (nSPS) is 13.7. The minimum absolute atomic E-state index is 0.281. The summed E-state index contributed by atoms with van der Waals surface area (Å²) in [5, 5.41) is 3.85. The Balaban J connectivity index is 1.68. The third-order valence-corrected chi connectivity index (χ3v) is 7.21. The maximum Gasteiger partial charge on any atom is 0.283 e. The van der Waals surface area contributed by atoms with Crippen molar-refractivity contribution in [2.45, 2.75) is 44.9 Å². The molecule has 1 N–H and O–H groups in total. The fourth-order valence-corrected chi connectivity index (χ4v) is 4.78. The number of halogens is 1. The number of nitrogens with zero attached hydrogens (tertiary/aromatic N) is 1. The summed E-state index contributed by atoms with van der Waals surface area (Å²) in [5.41, 5.74) is 5.08. The van der Waals surface area contributed by atoms with Gasteiger partial charge in [-0.05, 0) is 91.9 Å². The lowest BCUT2D eigenvalue weighted by Crippen LogP contribution is -2.32. The average Bonchev–Trinajstić information content (AvgIpc) is 3.05. The van der Waals surface area contributed by atoms with Crippen molar-refractivity contribution >= 4 is 46.6 Å². The molecule has 1 heterocycles. The molecular formula is C28H27ClN2O2S. The van der Waals surface area contributed by atoms with Crippen LogP contribution in [0.1, 0.15) is 36.5 Å². The van der Waals surface area contributed by atoms with Crippen LogP contribution in [0.3, 0.4) is 0 Å². The summed E-state index contributed by atoms with van der Waals surface area (Å²) < 4.78 is 0. The number of amides is 2. The van der Waals surface area contributed by atoms with Gasteiger partial charge in [-0.1, -0.05) is 54.9 Å². The molecule has 6 heteroatoms. The summed E-state index contributed by atoms with van der Waals surface area (Å²) in [6.45, 7) is 6.22. The predicted octanol–water partition coefficient (Wildman–Crippen LogP) is 7.29. The summed E-state index contributed by atoms with van der Waals surface area (Å²) in [5.74, 6) is -0.696. The van der Waals surface area contributed by atoms with Crippen molar-refractivity contribution in [1.29, 1.82) is 0 Å². The molecule has 3 aromatic rings. The van der Waals surface area contributed by atoms with Gasteiger partial charge < -0.3 is 5.32 Å². The molecule has 0 saturated carbocycles. The van der Waals surface area contributed by atoms with Crippen LogP contribution < -0.4 is 10.2 Å². The molecule has 0 aliphatic carbocycles. The molecule has 2 amide bonds. The first kappa shape index (κ1) is 24.1. The summed E-state index contributed by atoms with van der Waals surface area (Å²) in [6.07, 6.45) is 3.20. The Kier molecular flexibility index (Phi) is 7.44. The van der Waals surface area contributed by atoms with Gasteiger partial charge in [-0.2, -0.15) is 0 Å². The number of thioether (sulfide) groups is 1. The lowest BCUT2D eigenvalue weighted by molar-refractivity contribution is -0.120. The zero-order valence-corrected chi connectivity index (χ0v) is 21.1.